The molecule has 2 rings (SSSR count). The van der Waals surface area contributed by atoms with Crippen molar-refractivity contribution in [2.24, 2.45) is 0 Å². The molecule has 0 spiro atoms. The van der Waals surface area contributed by atoms with Crippen LogP contribution < -0.4 is 9.47 Å². The maximum Gasteiger partial charge on any atom is 0.311 e. The maximum atomic E-state index is 11.1. The summed E-state index contributed by atoms with van der Waals surface area (Å²) in [7, 11) is 1.55. The quantitative estimate of drug-likeness (QED) is 0.673. The van der Waals surface area contributed by atoms with Crippen molar-refractivity contribution in [2.45, 2.75) is 13.0 Å². The van der Waals surface area contributed by atoms with E-state index in [0.717, 1.165) is 0 Å². The number of nitro benzene ring substituents is 1. The number of nitro groups is 1. The molecule has 1 N–H and O–H groups in total. The lowest BCUT2D eigenvalue weighted by molar-refractivity contribution is -0.385. The predicted molar refractivity (Wildman–Crippen MR) is 76.8 cm³/mol. The predicted octanol–water partition coefficient (Wildman–Crippen LogP) is 3.45. The average molecular weight is 289 g/mol. The zero-order valence-corrected chi connectivity index (χ0v) is 11.6. The number of hydrogen-bond acceptors (Lipinski definition) is 5. The Bertz CT molecular complexity index is 637. The van der Waals surface area contributed by atoms with Crippen molar-refractivity contribution < 1.29 is 19.5 Å². The molecule has 6 nitrogen and oxygen atoms in total. The topological polar surface area (TPSA) is 81.8 Å². The molecule has 0 heterocycles. The highest BCUT2D eigenvalue weighted by Gasteiger charge is 2.18. The van der Waals surface area contributed by atoms with Crippen molar-refractivity contribution >= 4 is 5.69 Å². The first kappa shape index (κ1) is 14.8. The highest BCUT2D eigenvalue weighted by Crippen LogP contribution is 2.34. The number of nitrogens with zero attached hydrogens (tertiary/aromatic N) is 1. The summed E-state index contributed by atoms with van der Waals surface area (Å²) in [6.45, 7) is 1.54. The lowest BCUT2D eigenvalue weighted by Gasteiger charge is -2.09. The van der Waals surface area contributed by atoms with Crippen molar-refractivity contribution in [3.8, 4) is 17.2 Å². The number of ether oxygens (including phenoxy) is 2. The van der Waals surface area contributed by atoms with Crippen molar-refractivity contribution in [3.63, 3.8) is 0 Å². The monoisotopic (exact) mass is 289 g/mol. The summed E-state index contributed by atoms with van der Waals surface area (Å²) in [5.41, 5.74) is 0.271. The molecule has 0 aliphatic heterocycles. The number of hydrogen-bond donors (Lipinski definition) is 1. The standard InChI is InChI=1S/C15H15NO5/c1-10(17)11-3-8-15(14(9-11)16(18)19)21-13-6-4-12(20-2)5-7-13/h3-10,17H,1-2H3/t10-/m0/s1. The Kier molecular flexibility index (Phi) is 4.39. The smallest absolute Gasteiger partial charge is 0.311 e. The first-order valence-electron chi connectivity index (χ1n) is 6.29. The van der Waals surface area contributed by atoms with Crippen LogP contribution in [0.15, 0.2) is 42.5 Å². The second-order valence-corrected chi connectivity index (χ2v) is 4.44. The van der Waals surface area contributed by atoms with E-state index >= 15 is 0 Å². The fourth-order valence-corrected chi connectivity index (χ4v) is 1.79. The van der Waals surface area contributed by atoms with E-state index in [9.17, 15) is 15.2 Å². The van der Waals surface area contributed by atoms with Crippen LogP contribution in [0.25, 0.3) is 0 Å². The molecule has 0 saturated heterocycles. The molecule has 1 atom stereocenters. The van der Waals surface area contributed by atoms with Gasteiger partial charge in [0.15, 0.2) is 0 Å². The first-order valence-corrected chi connectivity index (χ1v) is 6.29. The molecule has 0 aliphatic rings. The van der Waals surface area contributed by atoms with Gasteiger partial charge in [-0.05, 0) is 42.8 Å². The normalized spacial score (nSPS) is 11.8. The van der Waals surface area contributed by atoms with Gasteiger partial charge >= 0.3 is 5.69 Å². The molecule has 0 fully saturated rings. The van der Waals surface area contributed by atoms with Gasteiger partial charge < -0.3 is 14.6 Å². The van der Waals surface area contributed by atoms with Crippen LogP contribution in [0, 0.1) is 10.1 Å². The Morgan fingerprint density at radius 3 is 2.29 bits per heavy atom. The Hall–Kier alpha value is -2.60. The molecule has 110 valence electrons. The van der Waals surface area contributed by atoms with Crippen molar-refractivity contribution in [2.75, 3.05) is 7.11 Å². The summed E-state index contributed by atoms with van der Waals surface area (Å²) in [5.74, 6) is 1.25. The number of aliphatic hydroxyl groups excluding tert-OH is 1. The van der Waals surface area contributed by atoms with Gasteiger partial charge in [-0.2, -0.15) is 0 Å². The molecule has 2 aromatic rings. The number of methoxy groups -OCH3 is 1. The molecule has 21 heavy (non-hydrogen) atoms. The number of aliphatic hydroxyl groups is 1. The minimum atomic E-state index is -0.779. The second-order valence-electron chi connectivity index (χ2n) is 4.44. The molecule has 0 unspecified atom stereocenters. The van der Waals surface area contributed by atoms with Crippen LogP contribution in [0.1, 0.15) is 18.6 Å². The molecule has 0 aliphatic carbocycles. The average Bonchev–Trinajstić information content (AvgIpc) is 2.48. The maximum absolute atomic E-state index is 11.1. The van der Waals surface area contributed by atoms with Gasteiger partial charge in [0.05, 0.1) is 18.1 Å². The highest BCUT2D eigenvalue weighted by molar-refractivity contribution is 5.51. The van der Waals surface area contributed by atoms with E-state index in [1.165, 1.54) is 12.1 Å². The summed E-state index contributed by atoms with van der Waals surface area (Å²) in [6.07, 6.45) is -0.779. The fourth-order valence-electron chi connectivity index (χ4n) is 1.79. The molecule has 0 saturated carbocycles. The third-order valence-corrected chi connectivity index (χ3v) is 2.95. The fraction of sp³-hybridized carbons (Fsp3) is 0.200. The van der Waals surface area contributed by atoms with E-state index in [4.69, 9.17) is 9.47 Å². The van der Waals surface area contributed by atoms with E-state index in [1.54, 1.807) is 44.4 Å². The van der Waals surface area contributed by atoms with Gasteiger partial charge in [0, 0.05) is 6.07 Å². The summed E-state index contributed by atoms with van der Waals surface area (Å²) < 4.78 is 10.6. The third-order valence-electron chi connectivity index (χ3n) is 2.95. The van der Waals surface area contributed by atoms with Crippen LogP contribution in [-0.2, 0) is 0 Å². The summed E-state index contributed by atoms with van der Waals surface area (Å²) in [6, 6.07) is 11.1. The second kappa shape index (κ2) is 6.23. The van der Waals surface area contributed by atoms with Crippen molar-refractivity contribution in [3.05, 3.63) is 58.1 Å². The van der Waals surface area contributed by atoms with Gasteiger partial charge in [0.1, 0.15) is 11.5 Å². The Balaban J connectivity index is 2.31. The van der Waals surface area contributed by atoms with Gasteiger partial charge in [-0.1, -0.05) is 6.07 Å². The molecule has 0 radical (unpaired) electrons. The molecule has 2 aromatic carbocycles. The molecule has 0 bridgehead atoms. The molecular weight excluding hydrogens is 274 g/mol. The minimum Gasteiger partial charge on any atom is -0.497 e. The van der Waals surface area contributed by atoms with E-state index in [-0.39, 0.29) is 11.4 Å². The lowest BCUT2D eigenvalue weighted by Crippen LogP contribution is -1.97. The largest absolute Gasteiger partial charge is 0.497 e. The summed E-state index contributed by atoms with van der Waals surface area (Å²) in [5, 5.41) is 20.6. The van der Waals surface area contributed by atoms with Crippen LogP contribution in [-0.4, -0.2) is 17.1 Å². The molecular formula is C15H15NO5. The minimum absolute atomic E-state index is 0.120. The van der Waals surface area contributed by atoms with Crippen molar-refractivity contribution in [1.29, 1.82) is 0 Å². The van der Waals surface area contributed by atoms with Gasteiger partial charge in [-0.3, -0.25) is 10.1 Å². The number of rotatable bonds is 5. The summed E-state index contributed by atoms with van der Waals surface area (Å²) in [4.78, 5) is 10.6. The molecule has 6 heteroatoms. The van der Waals surface area contributed by atoms with Crippen LogP contribution in [0.4, 0.5) is 5.69 Å². The van der Waals surface area contributed by atoms with E-state index < -0.39 is 11.0 Å². The van der Waals surface area contributed by atoms with Gasteiger partial charge in [-0.25, -0.2) is 0 Å². The third kappa shape index (κ3) is 3.49. The summed E-state index contributed by atoms with van der Waals surface area (Å²) >= 11 is 0. The SMILES string of the molecule is COc1ccc(Oc2ccc([C@H](C)O)cc2[N+](=O)[O-])cc1. The van der Waals surface area contributed by atoms with Crippen molar-refractivity contribution in [1.82, 2.24) is 0 Å². The molecule has 0 aromatic heterocycles. The zero-order chi connectivity index (χ0) is 15.4. The van der Waals surface area contributed by atoms with Crippen LogP contribution in [0.5, 0.6) is 17.2 Å². The van der Waals surface area contributed by atoms with Crippen LogP contribution >= 0.6 is 0 Å². The number of benzene rings is 2. The first-order chi connectivity index (χ1) is 10.0. The zero-order valence-electron chi connectivity index (χ0n) is 11.6. The van der Waals surface area contributed by atoms with Gasteiger partial charge in [0.25, 0.3) is 0 Å². The van der Waals surface area contributed by atoms with Crippen LogP contribution in [0.3, 0.4) is 0 Å². The van der Waals surface area contributed by atoms with Gasteiger partial charge in [-0.15, -0.1) is 0 Å². The Labute approximate surface area is 121 Å². The van der Waals surface area contributed by atoms with E-state index in [2.05, 4.69) is 0 Å². The molecule has 0 amide bonds. The highest BCUT2D eigenvalue weighted by atomic mass is 16.6. The van der Waals surface area contributed by atoms with Crippen LogP contribution in [0.2, 0.25) is 0 Å². The van der Waals surface area contributed by atoms with E-state index in [1.807, 2.05) is 0 Å². The van der Waals surface area contributed by atoms with Gasteiger partial charge in [0.2, 0.25) is 5.75 Å². The Morgan fingerprint density at radius 1 is 1.14 bits per heavy atom. The van der Waals surface area contributed by atoms with E-state index in [0.29, 0.717) is 17.1 Å². The lowest BCUT2D eigenvalue weighted by atomic mass is 10.1. The Morgan fingerprint density at radius 2 is 1.76 bits per heavy atom.